The average molecular weight is 291 g/mol. The Morgan fingerprint density at radius 1 is 1.38 bits per heavy atom. The lowest BCUT2D eigenvalue weighted by atomic mass is 9.91. The van der Waals surface area contributed by atoms with Crippen LogP contribution in [0.3, 0.4) is 0 Å². The molecule has 2 heterocycles. The van der Waals surface area contributed by atoms with Crippen LogP contribution >= 0.6 is 0 Å². The fourth-order valence-electron chi connectivity index (χ4n) is 3.21. The van der Waals surface area contributed by atoms with Gasteiger partial charge in [-0.2, -0.15) is 0 Å². The summed E-state index contributed by atoms with van der Waals surface area (Å²) < 4.78 is 17.7. The van der Waals surface area contributed by atoms with E-state index in [1.54, 1.807) is 0 Å². The molecule has 21 heavy (non-hydrogen) atoms. The van der Waals surface area contributed by atoms with Gasteiger partial charge in [0, 0.05) is 31.9 Å². The molecule has 116 valence electrons. The van der Waals surface area contributed by atoms with E-state index in [0.29, 0.717) is 6.61 Å². The van der Waals surface area contributed by atoms with E-state index in [4.69, 9.17) is 19.9 Å². The van der Waals surface area contributed by atoms with Gasteiger partial charge in [0.05, 0.1) is 18.8 Å². The Morgan fingerprint density at radius 3 is 2.90 bits per heavy atom. The topological polar surface area (TPSA) is 53.7 Å². The highest BCUT2D eigenvalue weighted by Crippen LogP contribution is 2.35. The SMILES string of the molecule is Cc1cc([C@H](C)N)ccc1OC1CCOC2(CCOC2)C1. The van der Waals surface area contributed by atoms with Gasteiger partial charge in [0.2, 0.25) is 0 Å². The Bertz CT molecular complexity index is 495. The first-order valence-electron chi connectivity index (χ1n) is 7.82. The van der Waals surface area contributed by atoms with Crippen molar-refractivity contribution < 1.29 is 14.2 Å². The largest absolute Gasteiger partial charge is 0.490 e. The second-order valence-electron chi connectivity index (χ2n) is 6.38. The fraction of sp³-hybridized carbons (Fsp3) is 0.647. The summed E-state index contributed by atoms with van der Waals surface area (Å²) in [5.41, 5.74) is 8.11. The maximum Gasteiger partial charge on any atom is 0.122 e. The van der Waals surface area contributed by atoms with E-state index >= 15 is 0 Å². The van der Waals surface area contributed by atoms with Crippen LogP contribution in [0, 0.1) is 6.92 Å². The van der Waals surface area contributed by atoms with E-state index in [1.165, 1.54) is 0 Å². The third-order valence-corrected chi connectivity index (χ3v) is 4.53. The highest BCUT2D eigenvalue weighted by atomic mass is 16.6. The van der Waals surface area contributed by atoms with Crippen molar-refractivity contribution in [3.8, 4) is 5.75 Å². The molecule has 2 unspecified atom stereocenters. The molecular weight excluding hydrogens is 266 g/mol. The quantitative estimate of drug-likeness (QED) is 0.930. The maximum absolute atomic E-state index is 6.23. The first-order chi connectivity index (χ1) is 10.1. The van der Waals surface area contributed by atoms with Crippen LogP contribution in [0.25, 0.3) is 0 Å². The molecule has 0 saturated carbocycles. The molecule has 1 aromatic carbocycles. The van der Waals surface area contributed by atoms with E-state index in [-0.39, 0.29) is 17.7 Å². The van der Waals surface area contributed by atoms with Crippen LogP contribution in [0.1, 0.15) is 43.4 Å². The normalized spacial score (nSPS) is 30.5. The summed E-state index contributed by atoms with van der Waals surface area (Å²) in [6.07, 6.45) is 3.05. The number of nitrogens with two attached hydrogens (primary N) is 1. The molecule has 4 nitrogen and oxygen atoms in total. The summed E-state index contributed by atoms with van der Waals surface area (Å²) >= 11 is 0. The predicted molar refractivity (Wildman–Crippen MR) is 81.6 cm³/mol. The molecule has 0 radical (unpaired) electrons. The molecule has 0 aromatic heterocycles. The number of hydrogen-bond acceptors (Lipinski definition) is 4. The summed E-state index contributed by atoms with van der Waals surface area (Å²) in [5, 5.41) is 0. The van der Waals surface area contributed by atoms with Crippen molar-refractivity contribution in [1.29, 1.82) is 0 Å². The molecule has 0 amide bonds. The van der Waals surface area contributed by atoms with Gasteiger partial charge < -0.3 is 19.9 Å². The highest BCUT2D eigenvalue weighted by Gasteiger charge is 2.41. The number of aryl methyl sites for hydroxylation is 1. The van der Waals surface area contributed by atoms with Crippen LogP contribution in [0.2, 0.25) is 0 Å². The number of benzene rings is 1. The molecule has 0 bridgehead atoms. The minimum absolute atomic E-state index is 0.0553. The Balaban J connectivity index is 1.68. The third-order valence-electron chi connectivity index (χ3n) is 4.53. The molecule has 2 saturated heterocycles. The zero-order chi connectivity index (χ0) is 14.9. The maximum atomic E-state index is 6.23. The van der Waals surface area contributed by atoms with Crippen LogP contribution < -0.4 is 10.5 Å². The molecule has 0 aliphatic carbocycles. The van der Waals surface area contributed by atoms with Crippen molar-refractivity contribution in [2.75, 3.05) is 19.8 Å². The lowest BCUT2D eigenvalue weighted by Gasteiger charge is -2.37. The van der Waals surface area contributed by atoms with Gasteiger partial charge in [0.25, 0.3) is 0 Å². The minimum Gasteiger partial charge on any atom is -0.490 e. The second kappa shape index (κ2) is 5.95. The zero-order valence-corrected chi connectivity index (χ0v) is 12.9. The molecule has 2 fully saturated rings. The Hall–Kier alpha value is -1.10. The van der Waals surface area contributed by atoms with Crippen molar-refractivity contribution in [1.82, 2.24) is 0 Å². The number of hydrogen-bond donors (Lipinski definition) is 1. The molecule has 2 aliphatic rings. The first kappa shape index (κ1) is 14.8. The Morgan fingerprint density at radius 2 is 2.24 bits per heavy atom. The molecule has 3 atom stereocenters. The van der Waals surface area contributed by atoms with Gasteiger partial charge in [0.1, 0.15) is 11.9 Å². The smallest absolute Gasteiger partial charge is 0.122 e. The van der Waals surface area contributed by atoms with Crippen LogP contribution in [0.4, 0.5) is 0 Å². The van der Waals surface area contributed by atoms with Crippen molar-refractivity contribution in [3.63, 3.8) is 0 Å². The highest BCUT2D eigenvalue weighted by molar-refractivity contribution is 5.37. The molecule has 2 aliphatic heterocycles. The molecule has 1 spiro atoms. The Labute approximate surface area is 126 Å². The van der Waals surface area contributed by atoms with E-state index < -0.39 is 0 Å². The number of rotatable bonds is 3. The minimum atomic E-state index is -0.109. The van der Waals surface area contributed by atoms with Gasteiger partial charge in [-0.3, -0.25) is 0 Å². The van der Waals surface area contributed by atoms with Crippen molar-refractivity contribution in [2.45, 2.75) is 50.9 Å². The standard InChI is InChI=1S/C17H25NO3/c1-12-9-14(13(2)18)3-4-16(12)21-15-5-7-20-17(10-15)6-8-19-11-17/h3-4,9,13,15H,5-8,10-11,18H2,1-2H3/t13-,15?,17?/m0/s1. The van der Waals surface area contributed by atoms with Crippen LogP contribution in [-0.2, 0) is 9.47 Å². The molecule has 1 aromatic rings. The van der Waals surface area contributed by atoms with Crippen molar-refractivity contribution in [3.05, 3.63) is 29.3 Å². The predicted octanol–water partition coefficient (Wildman–Crippen LogP) is 2.73. The second-order valence-corrected chi connectivity index (χ2v) is 6.38. The summed E-state index contributed by atoms with van der Waals surface area (Å²) in [7, 11) is 0. The molecule has 4 heteroatoms. The lowest BCUT2D eigenvalue weighted by molar-refractivity contribution is -0.112. The van der Waals surface area contributed by atoms with E-state index in [0.717, 1.165) is 49.4 Å². The van der Waals surface area contributed by atoms with Gasteiger partial charge in [0.15, 0.2) is 0 Å². The van der Waals surface area contributed by atoms with E-state index in [9.17, 15) is 0 Å². The zero-order valence-electron chi connectivity index (χ0n) is 12.9. The van der Waals surface area contributed by atoms with Crippen molar-refractivity contribution >= 4 is 0 Å². The van der Waals surface area contributed by atoms with E-state index in [2.05, 4.69) is 19.1 Å². The summed E-state index contributed by atoms with van der Waals surface area (Å²) in [4.78, 5) is 0. The van der Waals surface area contributed by atoms with Gasteiger partial charge in [-0.25, -0.2) is 0 Å². The monoisotopic (exact) mass is 291 g/mol. The van der Waals surface area contributed by atoms with Crippen LogP contribution in [0.15, 0.2) is 18.2 Å². The first-order valence-corrected chi connectivity index (χ1v) is 7.82. The van der Waals surface area contributed by atoms with Crippen LogP contribution in [0.5, 0.6) is 5.75 Å². The van der Waals surface area contributed by atoms with Crippen LogP contribution in [-0.4, -0.2) is 31.5 Å². The van der Waals surface area contributed by atoms with Gasteiger partial charge >= 0.3 is 0 Å². The average Bonchev–Trinajstić information content (AvgIpc) is 2.89. The van der Waals surface area contributed by atoms with Gasteiger partial charge in [-0.15, -0.1) is 0 Å². The summed E-state index contributed by atoms with van der Waals surface area (Å²) in [6.45, 7) is 6.34. The van der Waals surface area contributed by atoms with Gasteiger partial charge in [-0.05, 0) is 31.0 Å². The molecule has 3 rings (SSSR count). The molecule has 2 N–H and O–H groups in total. The summed E-state index contributed by atoms with van der Waals surface area (Å²) in [5.74, 6) is 0.959. The van der Waals surface area contributed by atoms with Crippen molar-refractivity contribution in [2.24, 2.45) is 5.73 Å². The third kappa shape index (κ3) is 3.23. The Kier molecular flexibility index (Phi) is 4.20. The number of ether oxygens (including phenoxy) is 3. The molecular formula is C17H25NO3. The summed E-state index contributed by atoms with van der Waals surface area (Å²) in [6, 6.07) is 6.27. The van der Waals surface area contributed by atoms with Gasteiger partial charge in [-0.1, -0.05) is 12.1 Å². The lowest BCUT2D eigenvalue weighted by Crippen LogP contribution is -2.44. The van der Waals surface area contributed by atoms with E-state index in [1.807, 2.05) is 13.0 Å². The fourth-order valence-corrected chi connectivity index (χ4v) is 3.21.